The highest BCUT2D eigenvalue weighted by atomic mass is 35.5. The van der Waals surface area contributed by atoms with Crippen molar-refractivity contribution in [3.8, 4) is 17.2 Å². The third-order valence-electron chi connectivity index (χ3n) is 5.21. The fourth-order valence-electron chi connectivity index (χ4n) is 3.47. The Balaban J connectivity index is 1.26. The Bertz CT molecular complexity index is 1040. The molecule has 0 aliphatic carbocycles. The van der Waals surface area contributed by atoms with Crippen molar-refractivity contribution < 1.29 is 28.7 Å². The van der Waals surface area contributed by atoms with Crippen LogP contribution in [0.2, 0.25) is 5.02 Å². The maximum absolute atomic E-state index is 12.8. The molecule has 2 aliphatic rings. The van der Waals surface area contributed by atoms with Crippen LogP contribution in [0.3, 0.4) is 0 Å². The Morgan fingerprint density at radius 3 is 2.47 bits per heavy atom. The van der Waals surface area contributed by atoms with Gasteiger partial charge < -0.3 is 24.0 Å². The predicted molar refractivity (Wildman–Crippen MR) is 113 cm³/mol. The zero-order valence-electron chi connectivity index (χ0n) is 16.9. The van der Waals surface area contributed by atoms with Crippen LogP contribution in [0.25, 0.3) is 0 Å². The van der Waals surface area contributed by atoms with E-state index in [9.17, 15) is 19.7 Å². The monoisotopic (exact) mass is 461 g/mol. The summed E-state index contributed by atoms with van der Waals surface area (Å²) in [6.07, 6.45) is -0.722. The topological polar surface area (TPSA) is 111 Å². The molecule has 2 heterocycles. The van der Waals surface area contributed by atoms with Gasteiger partial charge in [0.25, 0.3) is 17.5 Å². The number of non-ortho nitro benzene ring substituents is 1. The van der Waals surface area contributed by atoms with Gasteiger partial charge in [0.15, 0.2) is 18.1 Å². The van der Waals surface area contributed by atoms with Gasteiger partial charge in [-0.3, -0.25) is 19.7 Å². The SMILES string of the molecule is O=C(COc1ccc([N+](=O)[O-])cc1Cl)N1CCN(C(=O)C2COc3ccccc3O2)CC1. The minimum absolute atomic E-state index is 0.0543. The molecule has 2 aromatic rings. The number of para-hydroxylation sites is 2. The molecule has 168 valence electrons. The van der Waals surface area contributed by atoms with Gasteiger partial charge in [0.1, 0.15) is 12.4 Å². The van der Waals surface area contributed by atoms with Gasteiger partial charge in [0, 0.05) is 38.3 Å². The van der Waals surface area contributed by atoms with E-state index in [4.69, 9.17) is 25.8 Å². The number of rotatable bonds is 5. The summed E-state index contributed by atoms with van der Waals surface area (Å²) in [5, 5.41) is 10.8. The van der Waals surface area contributed by atoms with Crippen LogP contribution in [0.5, 0.6) is 17.2 Å². The normalized spacial score (nSPS) is 17.6. The van der Waals surface area contributed by atoms with E-state index in [1.165, 1.54) is 18.2 Å². The van der Waals surface area contributed by atoms with Crippen LogP contribution >= 0.6 is 11.6 Å². The number of benzene rings is 2. The lowest BCUT2D eigenvalue weighted by Crippen LogP contribution is -2.55. The van der Waals surface area contributed by atoms with Crippen molar-refractivity contribution >= 4 is 29.1 Å². The van der Waals surface area contributed by atoms with Crippen LogP contribution in [-0.2, 0) is 9.59 Å². The Kier molecular flexibility index (Phi) is 6.31. The van der Waals surface area contributed by atoms with Gasteiger partial charge in [0.05, 0.1) is 9.95 Å². The molecule has 2 aromatic carbocycles. The maximum atomic E-state index is 12.8. The highest BCUT2D eigenvalue weighted by Gasteiger charge is 2.33. The number of halogens is 1. The van der Waals surface area contributed by atoms with Crippen LogP contribution in [0.1, 0.15) is 0 Å². The van der Waals surface area contributed by atoms with E-state index < -0.39 is 11.0 Å². The molecule has 1 atom stereocenters. The molecule has 0 radical (unpaired) electrons. The number of fused-ring (bicyclic) bond motifs is 1. The predicted octanol–water partition coefficient (Wildman–Crippen LogP) is 2.14. The smallest absolute Gasteiger partial charge is 0.271 e. The first-order chi connectivity index (χ1) is 15.4. The number of nitro groups is 1. The number of carbonyl (C=O) groups is 2. The van der Waals surface area contributed by atoms with Gasteiger partial charge in [-0.2, -0.15) is 0 Å². The molecular formula is C21H20ClN3O7. The Labute approximate surface area is 188 Å². The van der Waals surface area contributed by atoms with Crippen LogP contribution in [0, 0.1) is 10.1 Å². The van der Waals surface area contributed by atoms with E-state index >= 15 is 0 Å². The third kappa shape index (κ3) is 4.70. The molecule has 0 bridgehead atoms. The van der Waals surface area contributed by atoms with Crippen LogP contribution in [0.4, 0.5) is 5.69 Å². The lowest BCUT2D eigenvalue weighted by molar-refractivity contribution is -0.384. The summed E-state index contributed by atoms with van der Waals surface area (Å²) in [5.41, 5.74) is -0.162. The number of carbonyl (C=O) groups excluding carboxylic acids is 2. The highest BCUT2D eigenvalue weighted by Crippen LogP contribution is 2.31. The summed E-state index contributed by atoms with van der Waals surface area (Å²) in [4.78, 5) is 38.7. The lowest BCUT2D eigenvalue weighted by Gasteiger charge is -2.37. The molecule has 0 saturated carbocycles. The molecule has 1 fully saturated rings. The van der Waals surface area contributed by atoms with Gasteiger partial charge in [-0.15, -0.1) is 0 Å². The van der Waals surface area contributed by atoms with E-state index in [0.29, 0.717) is 37.7 Å². The number of nitrogens with zero attached hydrogens (tertiary/aromatic N) is 3. The lowest BCUT2D eigenvalue weighted by atomic mass is 10.2. The largest absolute Gasteiger partial charge is 0.485 e. The van der Waals surface area contributed by atoms with Crippen molar-refractivity contribution in [2.24, 2.45) is 0 Å². The molecule has 0 spiro atoms. The number of hydrogen-bond acceptors (Lipinski definition) is 7. The van der Waals surface area contributed by atoms with Gasteiger partial charge in [-0.25, -0.2) is 0 Å². The highest BCUT2D eigenvalue weighted by molar-refractivity contribution is 6.32. The molecule has 11 heteroatoms. The molecule has 2 aliphatic heterocycles. The fourth-order valence-corrected chi connectivity index (χ4v) is 3.70. The fraction of sp³-hybridized carbons (Fsp3) is 0.333. The number of hydrogen-bond donors (Lipinski definition) is 0. The van der Waals surface area contributed by atoms with E-state index in [-0.39, 0.29) is 41.5 Å². The minimum Gasteiger partial charge on any atom is -0.485 e. The average molecular weight is 462 g/mol. The third-order valence-corrected chi connectivity index (χ3v) is 5.50. The maximum Gasteiger partial charge on any atom is 0.271 e. The zero-order chi connectivity index (χ0) is 22.7. The quantitative estimate of drug-likeness (QED) is 0.495. The van der Waals surface area contributed by atoms with Crippen molar-refractivity contribution in [3.05, 3.63) is 57.6 Å². The first kappa shape index (κ1) is 21.7. The molecule has 1 unspecified atom stereocenters. The van der Waals surface area contributed by atoms with Gasteiger partial charge >= 0.3 is 0 Å². The Hall–Kier alpha value is -3.53. The minimum atomic E-state index is -0.722. The van der Waals surface area contributed by atoms with Crippen LogP contribution < -0.4 is 14.2 Å². The van der Waals surface area contributed by atoms with E-state index in [2.05, 4.69) is 0 Å². The molecular weight excluding hydrogens is 442 g/mol. The standard InChI is InChI=1S/C21H20ClN3O7/c22-15-11-14(25(28)29)5-6-16(15)31-13-20(26)23-7-9-24(10-8-23)21(27)19-12-30-17-3-1-2-4-18(17)32-19/h1-6,11,19H,7-10,12-13H2. The number of amides is 2. The first-order valence-corrected chi connectivity index (χ1v) is 10.3. The van der Waals surface area contributed by atoms with Crippen molar-refractivity contribution in [3.63, 3.8) is 0 Å². The average Bonchev–Trinajstić information content (AvgIpc) is 2.82. The second-order valence-electron chi connectivity index (χ2n) is 7.23. The van der Waals surface area contributed by atoms with E-state index in [0.717, 1.165) is 0 Å². The molecule has 2 amide bonds. The van der Waals surface area contributed by atoms with Crippen molar-refractivity contribution in [1.82, 2.24) is 9.80 Å². The molecule has 10 nitrogen and oxygen atoms in total. The summed E-state index contributed by atoms with van der Waals surface area (Å²) in [5.74, 6) is 0.889. The first-order valence-electron chi connectivity index (χ1n) is 9.94. The van der Waals surface area contributed by atoms with Gasteiger partial charge in [0.2, 0.25) is 6.10 Å². The Morgan fingerprint density at radius 2 is 1.78 bits per heavy atom. The molecule has 1 saturated heterocycles. The van der Waals surface area contributed by atoms with Crippen molar-refractivity contribution in [1.29, 1.82) is 0 Å². The van der Waals surface area contributed by atoms with Gasteiger partial charge in [-0.1, -0.05) is 23.7 Å². The van der Waals surface area contributed by atoms with E-state index in [1.54, 1.807) is 21.9 Å². The second kappa shape index (κ2) is 9.31. The summed E-state index contributed by atoms with van der Waals surface area (Å²) >= 11 is 5.98. The number of piperazine rings is 1. The molecule has 4 rings (SSSR count). The zero-order valence-corrected chi connectivity index (χ0v) is 17.7. The summed E-state index contributed by atoms with van der Waals surface area (Å²) in [7, 11) is 0. The van der Waals surface area contributed by atoms with Crippen molar-refractivity contribution in [2.75, 3.05) is 39.4 Å². The molecule has 0 N–H and O–H groups in total. The summed E-state index contributed by atoms with van der Waals surface area (Å²) in [6, 6.07) is 11.0. The number of nitro benzene ring substituents is 1. The van der Waals surface area contributed by atoms with Crippen LogP contribution in [-0.4, -0.2) is 72.0 Å². The summed E-state index contributed by atoms with van der Waals surface area (Å²) < 4.78 is 16.8. The second-order valence-corrected chi connectivity index (χ2v) is 7.64. The van der Waals surface area contributed by atoms with Crippen LogP contribution in [0.15, 0.2) is 42.5 Å². The van der Waals surface area contributed by atoms with Gasteiger partial charge in [-0.05, 0) is 18.2 Å². The number of ether oxygens (including phenoxy) is 3. The summed E-state index contributed by atoms with van der Waals surface area (Å²) in [6.45, 7) is 1.31. The molecule has 32 heavy (non-hydrogen) atoms. The molecule has 0 aromatic heterocycles. The van der Waals surface area contributed by atoms with E-state index in [1.807, 2.05) is 12.1 Å². The Morgan fingerprint density at radius 1 is 1.09 bits per heavy atom. The van der Waals surface area contributed by atoms with Crippen molar-refractivity contribution in [2.45, 2.75) is 6.10 Å².